The summed E-state index contributed by atoms with van der Waals surface area (Å²) in [4.78, 5) is 23.4. The Kier molecular flexibility index (Phi) is 4.98. The van der Waals surface area contributed by atoms with Gasteiger partial charge in [-0.15, -0.1) is 0 Å². The number of anilines is 1. The Morgan fingerprint density at radius 3 is 2.65 bits per heavy atom. The molecule has 0 unspecified atom stereocenters. The van der Waals surface area contributed by atoms with Crippen LogP contribution in [-0.4, -0.2) is 11.9 Å². The Hall–Kier alpha value is -2.04. The number of carbonyl (C=O) groups is 2. The van der Waals surface area contributed by atoms with Crippen molar-refractivity contribution in [2.45, 2.75) is 32.6 Å². The van der Waals surface area contributed by atoms with Gasteiger partial charge in [0.2, 0.25) is 5.91 Å². The van der Waals surface area contributed by atoms with Crippen molar-refractivity contribution in [3.05, 3.63) is 30.3 Å². The first-order chi connectivity index (χ1) is 9.70. The molecule has 1 aliphatic carbocycles. The molecule has 1 aliphatic rings. The van der Waals surface area contributed by atoms with Crippen molar-refractivity contribution in [2.24, 2.45) is 11.8 Å². The minimum atomic E-state index is -0.435. The van der Waals surface area contributed by atoms with Crippen molar-refractivity contribution in [3.63, 3.8) is 0 Å². The van der Waals surface area contributed by atoms with Gasteiger partial charge < -0.3 is 5.32 Å². The predicted molar refractivity (Wildman–Crippen MR) is 77.9 cm³/mol. The topological polar surface area (TPSA) is 70.2 Å². The maximum atomic E-state index is 11.8. The molecule has 0 spiro atoms. The quantitative estimate of drug-likeness (QED) is 0.723. The number of amides is 3. The molecule has 2 atom stereocenters. The summed E-state index contributed by atoms with van der Waals surface area (Å²) >= 11 is 0. The van der Waals surface area contributed by atoms with E-state index >= 15 is 0 Å². The van der Waals surface area contributed by atoms with Crippen LogP contribution in [0.5, 0.6) is 0 Å². The highest BCUT2D eigenvalue weighted by Gasteiger charge is 2.42. The van der Waals surface area contributed by atoms with Crippen LogP contribution < -0.4 is 16.2 Å². The van der Waals surface area contributed by atoms with E-state index in [1.54, 1.807) is 12.1 Å². The lowest BCUT2D eigenvalue weighted by Crippen LogP contribution is -2.44. The van der Waals surface area contributed by atoms with Crippen molar-refractivity contribution >= 4 is 17.6 Å². The summed E-state index contributed by atoms with van der Waals surface area (Å²) in [5.74, 6) is 0.474. The van der Waals surface area contributed by atoms with Crippen LogP contribution >= 0.6 is 0 Å². The van der Waals surface area contributed by atoms with Gasteiger partial charge in [0, 0.05) is 11.6 Å². The lowest BCUT2D eigenvalue weighted by atomic mass is 10.1. The first kappa shape index (κ1) is 14.4. The van der Waals surface area contributed by atoms with Crippen LogP contribution in [0.3, 0.4) is 0 Å². The van der Waals surface area contributed by atoms with E-state index in [1.165, 1.54) is 0 Å². The third-order valence-electron chi connectivity index (χ3n) is 3.52. The van der Waals surface area contributed by atoms with E-state index in [0.717, 1.165) is 25.7 Å². The van der Waals surface area contributed by atoms with Crippen LogP contribution in [-0.2, 0) is 4.79 Å². The third kappa shape index (κ3) is 4.26. The average Bonchev–Trinajstić information content (AvgIpc) is 3.23. The van der Waals surface area contributed by atoms with Gasteiger partial charge in [-0.1, -0.05) is 38.0 Å². The molecule has 1 fully saturated rings. The highest BCUT2D eigenvalue weighted by molar-refractivity contribution is 5.91. The van der Waals surface area contributed by atoms with Crippen LogP contribution in [0.25, 0.3) is 0 Å². The molecule has 5 heteroatoms. The van der Waals surface area contributed by atoms with E-state index < -0.39 is 6.03 Å². The van der Waals surface area contributed by atoms with Crippen LogP contribution in [0.15, 0.2) is 30.3 Å². The van der Waals surface area contributed by atoms with Gasteiger partial charge >= 0.3 is 6.03 Å². The number of carbonyl (C=O) groups excluding carboxylic acids is 2. The molecule has 0 saturated heterocycles. The zero-order chi connectivity index (χ0) is 14.4. The van der Waals surface area contributed by atoms with Crippen molar-refractivity contribution in [2.75, 3.05) is 5.32 Å². The van der Waals surface area contributed by atoms with Crippen molar-refractivity contribution in [1.29, 1.82) is 0 Å². The Morgan fingerprint density at radius 2 is 1.95 bits per heavy atom. The standard InChI is InChI=1S/C15H21N3O2/c1-2-3-7-11-10-13(11)14(19)17-18-15(20)16-12-8-5-4-6-9-12/h4-6,8-9,11,13H,2-3,7,10H2,1H3,(H,17,19)(H2,16,18,20)/t11-,13+/m0/s1. The maximum absolute atomic E-state index is 11.8. The number of para-hydroxylation sites is 1. The van der Waals surface area contributed by atoms with Gasteiger partial charge in [0.1, 0.15) is 0 Å². The second-order valence-corrected chi connectivity index (χ2v) is 5.18. The maximum Gasteiger partial charge on any atom is 0.337 e. The second-order valence-electron chi connectivity index (χ2n) is 5.18. The van der Waals surface area contributed by atoms with Gasteiger partial charge in [-0.2, -0.15) is 0 Å². The molecular weight excluding hydrogens is 254 g/mol. The van der Waals surface area contributed by atoms with Gasteiger partial charge in [0.15, 0.2) is 0 Å². The number of urea groups is 1. The molecule has 1 aromatic rings. The third-order valence-corrected chi connectivity index (χ3v) is 3.52. The first-order valence-electron chi connectivity index (χ1n) is 7.12. The number of nitrogens with one attached hydrogen (secondary N) is 3. The van der Waals surface area contributed by atoms with E-state index in [4.69, 9.17) is 0 Å². The number of hydrazine groups is 1. The second kappa shape index (κ2) is 6.93. The van der Waals surface area contributed by atoms with Crippen LogP contribution in [0.2, 0.25) is 0 Å². The lowest BCUT2D eigenvalue weighted by Gasteiger charge is -2.08. The van der Waals surface area contributed by atoms with Crippen LogP contribution in [0.1, 0.15) is 32.6 Å². The van der Waals surface area contributed by atoms with Crippen molar-refractivity contribution < 1.29 is 9.59 Å². The summed E-state index contributed by atoms with van der Waals surface area (Å²) in [5.41, 5.74) is 5.54. The van der Waals surface area contributed by atoms with Crippen LogP contribution in [0.4, 0.5) is 10.5 Å². The summed E-state index contributed by atoms with van der Waals surface area (Å²) in [6.45, 7) is 2.15. The molecular formula is C15H21N3O2. The molecule has 5 nitrogen and oxygen atoms in total. The number of hydrogen-bond acceptors (Lipinski definition) is 2. The molecule has 0 heterocycles. The number of benzene rings is 1. The van der Waals surface area contributed by atoms with E-state index in [0.29, 0.717) is 11.6 Å². The molecule has 3 N–H and O–H groups in total. The van der Waals surface area contributed by atoms with Gasteiger partial charge in [-0.05, 0) is 30.9 Å². The average molecular weight is 275 g/mol. The summed E-state index contributed by atoms with van der Waals surface area (Å²) in [6.07, 6.45) is 4.36. The van der Waals surface area contributed by atoms with Gasteiger partial charge in [0.05, 0.1) is 0 Å². The SMILES string of the molecule is CCCC[C@H]1C[C@H]1C(=O)NNC(=O)Nc1ccccc1. The van der Waals surface area contributed by atoms with E-state index in [2.05, 4.69) is 23.1 Å². The summed E-state index contributed by atoms with van der Waals surface area (Å²) in [6, 6.07) is 8.66. The van der Waals surface area contributed by atoms with Gasteiger partial charge in [-0.3, -0.25) is 10.2 Å². The minimum absolute atomic E-state index is 0.0681. The molecule has 108 valence electrons. The smallest absolute Gasteiger partial charge is 0.307 e. The number of rotatable bonds is 5. The molecule has 3 amide bonds. The Balaban J connectivity index is 1.65. The molecule has 1 saturated carbocycles. The molecule has 2 rings (SSSR count). The fourth-order valence-corrected chi connectivity index (χ4v) is 2.25. The zero-order valence-electron chi connectivity index (χ0n) is 11.7. The van der Waals surface area contributed by atoms with Gasteiger partial charge in [0.25, 0.3) is 0 Å². The summed E-state index contributed by atoms with van der Waals surface area (Å²) < 4.78 is 0. The lowest BCUT2D eigenvalue weighted by molar-refractivity contribution is -0.123. The van der Waals surface area contributed by atoms with Gasteiger partial charge in [-0.25, -0.2) is 10.2 Å². The number of unbranched alkanes of at least 4 members (excludes halogenated alkanes) is 1. The zero-order valence-corrected chi connectivity index (χ0v) is 11.7. The van der Waals surface area contributed by atoms with Crippen molar-refractivity contribution in [3.8, 4) is 0 Å². The molecule has 1 aromatic carbocycles. The highest BCUT2D eigenvalue weighted by atomic mass is 16.2. The molecule has 0 aliphatic heterocycles. The Bertz CT molecular complexity index is 461. The molecule has 20 heavy (non-hydrogen) atoms. The fourth-order valence-electron chi connectivity index (χ4n) is 2.25. The molecule has 0 aromatic heterocycles. The number of hydrogen-bond donors (Lipinski definition) is 3. The molecule has 0 bridgehead atoms. The monoisotopic (exact) mass is 275 g/mol. The van der Waals surface area contributed by atoms with Crippen LogP contribution in [0, 0.1) is 11.8 Å². The fraction of sp³-hybridized carbons (Fsp3) is 0.467. The molecule has 0 radical (unpaired) electrons. The minimum Gasteiger partial charge on any atom is -0.307 e. The normalized spacial score (nSPS) is 20.1. The summed E-state index contributed by atoms with van der Waals surface area (Å²) in [5, 5.41) is 2.64. The van der Waals surface area contributed by atoms with E-state index in [1.807, 2.05) is 18.2 Å². The van der Waals surface area contributed by atoms with E-state index in [9.17, 15) is 9.59 Å². The van der Waals surface area contributed by atoms with E-state index in [-0.39, 0.29) is 11.8 Å². The first-order valence-corrected chi connectivity index (χ1v) is 7.12. The largest absolute Gasteiger partial charge is 0.337 e. The Labute approximate surface area is 119 Å². The van der Waals surface area contributed by atoms with Crippen molar-refractivity contribution in [1.82, 2.24) is 10.9 Å². The predicted octanol–water partition coefficient (Wildman–Crippen LogP) is 2.67. The Morgan fingerprint density at radius 1 is 1.20 bits per heavy atom. The summed E-state index contributed by atoms with van der Waals surface area (Å²) in [7, 11) is 0. The highest BCUT2D eigenvalue weighted by Crippen LogP contribution is 2.42.